The lowest BCUT2D eigenvalue weighted by Gasteiger charge is -2.35. The Morgan fingerprint density at radius 1 is 1.67 bits per heavy atom. The summed E-state index contributed by atoms with van der Waals surface area (Å²) in [5, 5.41) is 28.5. The first kappa shape index (κ1) is 8.80. The second kappa shape index (κ2) is 3.09. The van der Waals surface area contributed by atoms with Crippen LogP contribution in [0, 0.1) is 5.21 Å². The largest absolute Gasteiger partial charge is 0.578 e. The number of hydrogen-bond acceptors (Lipinski definition) is 4. The average molecular weight is 136 g/mol. The highest BCUT2D eigenvalue weighted by Gasteiger charge is 2.12. The lowest BCUT2D eigenvalue weighted by molar-refractivity contribution is -1.14. The van der Waals surface area contributed by atoms with Crippen molar-refractivity contribution in [3.63, 3.8) is 0 Å². The molecular weight excluding hydrogens is 124 g/mol. The molecule has 9 heavy (non-hydrogen) atoms. The summed E-state index contributed by atoms with van der Waals surface area (Å²) in [6.45, 7) is 0.0314. The third-order valence-corrected chi connectivity index (χ3v) is 1.06. The predicted octanol–water partition coefficient (Wildman–Crippen LogP) is -0.841. The average Bonchev–Trinajstić information content (AvgIpc) is 1.64. The van der Waals surface area contributed by atoms with Crippen molar-refractivity contribution in [1.29, 1.82) is 0 Å². The Kier molecular flexibility index (Phi) is 3.02. The number of hydroxylamine groups is 2. The number of likely N-dealkylation sites (N-methyl/N-ethyl adjacent to an activating group) is 1. The Labute approximate surface area is 53.8 Å². The maximum absolute atomic E-state index is 10.5. The molecular formula is C4H12N2O3. The molecule has 0 amide bonds. The van der Waals surface area contributed by atoms with Gasteiger partial charge in [0.25, 0.3) is 0 Å². The first-order valence-corrected chi connectivity index (χ1v) is 2.61. The predicted molar refractivity (Wildman–Crippen MR) is 31.1 cm³/mol. The van der Waals surface area contributed by atoms with Crippen molar-refractivity contribution in [2.45, 2.75) is 0 Å². The highest BCUT2D eigenvalue weighted by molar-refractivity contribution is 4.30. The number of quaternary nitrogens is 1. The quantitative estimate of drug-likeness (QED) is 0.392. The van der Waals surface area contributed by atoms with Crippen LogP contribution in [-0.2, 0) is 0 Å². The highest BCUT2D eigenvalue weighted by Crippen LogP contribution is 1.95. The molecule has 0 saturated heterocycles. The normalized spacial score (nSPS) is 18.0. The van der Waals surface area contributed by atoms with Crippen LogP contribution in [0.3, 0.4) is 0 Å². The van der Waals surface area contributed by atoms with Gasteiger partial charge in [-0.25, -0.2) is 0 Å². The molecule has 0 aromatic rings. The molecule has 0 spiro atoms. The first-order valence-electron chi connectivity index (χ1n) is 2.61. The molecule has 0 rings (SSSR count). The second-order valence-electron chi connectivity index (χ2n) is 1.94. The highest BCUT2D eigenvalue weighted by atomic mass is 16.9. The van der Waals surface area contributed by atoms with E-state index in [1.807, 2.05) is 0 Å². The third-order valence-electron chi connectivity index (χ3n) is 1.06. The monoisotopic (exact) mass is 136 g/mol. The minimum absolute atomic E-state index is 0.132. The van der Waals surface area contributed by atoms with E-state index in [0.717, 1.165) is 12.1 Å². The van der Waals surface area contributed by atoms with E-state index in [4.69, 9.17) is 10.3 Å². The fraction of sp³-hybridized carbons (Fsp3) is 1.00. The summed E-state index contributed by atoms with van der Waals surface area (Å²) in [5.74, 6) is 0. The Hall–Kier alpha value is -0.200. The number of aliphatic hydroxyl groups is 1. The van der Waals surface area contributed by atoms with Gasteiger partial charge in [0.2, 0.25) is 0 Å². The smallest absolute Gasteiger partial charge is 0.118 e. The van der Waals surface area contributed by atoms with Crippen molar-refractivity contribution in [2.24, 2.45) is 0 Å². The van der Waals surface area contributed by atoms with Crippen molar-refractivity contribution in [2.75, 3.05) is 27.2 Å². The van der Waals surface area contributed by atoms with Gasteiger partial charge in [-0.1, -0.05) is 0 Å². The van der Waals surface area contributed by atoms with Crippen LogP contribution in [0.2, 0.25) is 0 Å². The van der Waals surface area contributed by atoms with Crippen LogP contribution in [0.15, 0.2) is 0 Å². The van der Waals surface area contributed by atoms with E-state index < -0.39 is 4.92 Å². The molecule has 0 heterocycles. The fourth-order valence-electron chi connectivity index (χ4n) is 0.330. The van der Waals surface area contributed by atoms with Crippen LogP contribution in [-0.4, -0.2) is 47.5 Å². The molecule has 0 aliphatic rings. The molecule has 0 aliphatic carbocycles. The van der Waals surface area contributed by atoms with Crippen LogP contribution < -0.4 is 0 Å². The Bertz CT molecular complexity index is 80.4. The summed E-state index contributed by atoms with van der Waals surface area (Å²) < 4.78 is 0. The van der Waals surface area contributed by atoms with Crippen LogP contribution in [0.25, 0.3) is 0 Å². The van der Waals surface area contributed by atoms with Gasteiger partial charge in [-0.15, -0.1) is 9.93 Å². The molecule has 2 N–H and O–H groups in total. The summed E-state index contributed by atoms with van der Waals surface area (Å²) in [6.07, 6.45) is 0. The van der Waals surface area contributed by atoms with Gasteiger partial charge in [0.1, 0.15) is 7.05 Å². The maximum atomic E-state index is 10.5. The van der Waals surface area contributed by atoms with Gasteiger partial charge in [0.15, 0.2) is 0 Å². The zero-order valence-corrected chi connectivity index (χ0v) is 5.61. The molecule has 0 bridgehead atoms. The van der Waals surface area contributed by atoms with Crippen molar-refractivity contribution in [3.8, 4) is 0 Å². The van der Waals surface area contributed by atoms with E-state index in [1.54, 1.807) is 0 Å². The van der Waals surface area contributed by atoms with E-state index in [1.165, 1.54) is 7.05 Å². The summed E-state index contributed by atoms with van der Waals surface area (Å²) >= 11 is 0. The topological polar surface area (TPSA) is 66.8 Å². The van der Waals surface area contributed by atoms with Crippen molar-refractivity contribution in [1.82, 2.24) is 5.01 Å². The van der Waals surface area contributed by atoms with Gasteiger partial charge in [0.05, 0.1) is 13.2 Å². The summed E-state index contributed by atoms with van der Waals surface area (Å²) in [4.78, 5) is -1.49. The molecule has 56 valence electrons. The van der Waals surface area contributed by atoms with E-state index in [2.05, 4.69) is 0 Å². The third kappa shape index (κ3) is 3.39. The SMILES string of the molecule is CN(CCO)[N+](C)([O-])O. The van der Waals surface area contributed by atoms with Gasteiger partial charge >= 0.3 is 0 Å². The summed E-state index contributed by atoms with van der Waals surface area (Å²) in [7, 11) is 2.48. The lowest BCUT2D eigenvalue weighted by atomic mass is 10.7. The Balaban J connectivity index is 3.59. The Morgan fingerprint density at radius 2 is 2.11 bits per heavy atom. The van der Waals surface area contributed by atoms with Gasteiger partial charge in [-0.05, 0) is 0 Å². The number of aliphatic hydroxyl groups excluding tert-OH is 1. The van der Waals surface area contributed by atoms with Crippen LogP contribution in [0.4, 0.5) is 0 Å². The van der Waals surface area contributed by atoms with Gasteiger partial charge in [-0.3, -0.25) is 0 Å². The molecule has 0 saturated carbocycles. The summed E-state index contributed by atoms with van der Waals surface area (Å²) in [5.41, 5.74) is 0. The van der Waals surface area contributed by atoms with Crippen molar-refractivity contribution in [3.05, 3.63) is 5.21 Å². The second-order valence-corrected chi connectivity index (χ2v) is 1.94. The van der Waals surface area contributed by atoms with Crippen LogP contribution >= 0.6 is 0 Å². The van der Waals surface area contributed by atoms with E-state index in [0.29, 0.717) is 0 Å². The van der Waals surface area contributed by atoms with Crippen molar-refractivity contribution < 1.29 is 15.2 Å². The van der Waals surface area contributed by atoms with Crippen LogP contribution in [0.1, 0.15) is 0 Å². The minimum Gasteiger partial charge on any atom is -0.578 e. The van der Waals surface area contributed by atoms with E-state index in [9.17, 15) is 5.21 Å². The molecule has 1 atom stereocenters. The standard InChI is InChI=1S/C4H12N2O3/c1-5(3-4-7)6(2,8)9/h7-8H,3-4H2,1-2H3. The van der Waals surface area contributed by atoms with Crippen LogP contribution in [0.5, 0.6) is 0 Å². The lowest BCUT2D eigenvalue weighted by Crippen LogP contribution is -2.49. The molecule has 1 unspecified atom stereocenters. The molecule has 0 aromatic carbocycles. The molecule has 5 heteroatoms. The molecule has 0 radical (unpaired) electrons. The maximum Gasteiger partial charge on any atom is 0.118 e. The molecule has 0 aliphatic heterocycles. The number of hydrogen-bond donors (Lipinski definition) is 2. The first-order chi connectivity index (χ1) is 3.98. The van der Waals surface area contributed by atoms with Crippen molar-refractivity contribution >= 4 is 0 Å². The van der Waals surface area contributed by atoms with E-state index in [-0.39, 0.29) is 13.2 Å². The zero-order valence-electron chi connectivity index (χ0n) is 5.61. The molecule has 0 fully saturated rings. The Morgan fingerprint density at radius 3 is 2.22 bits per heavy atom. The van der Waals surface area contributed by atoms with Gasteiger partial charge in [-0.2, -0.15) is 5.21 Å². The van der Waals surface area contributed by atoms with Gasteiger partial charge < -0.3 is 10.3 Å². The molecule has 5 nitrogen and oxygen atoms in total. The van der Waals surface area contributed by atoms with E-state index >= 15 is 0 Å². The number of rotatable bonds is 3. The minimum atomic E-state index is -1.49. The molecule has 0 aromatic heterocycles. The van der Waals surface area contributed by atoms with Gasteiger partial charge in [0, 0.05) is 7.05 Å². The fourth-order valence-corrected chi connectivity index (χ4v) is 0.330. The zero-order chi connectivity index (χ0) is 7.49. The number of nitrogens with zero attached hydrogens (tertiary/aromatic N) is 2. The summed E-state index contributed by atoms with van der Waals surface area (Å²) in [6, 6.07) is 0.